The normalized spacial score (nSPS) is 14.7. The number of aldehydes is 1. The molecule has 0 spiro atoms. The van der Waals surface area contributed by atoms with Crippen LogP contribution in [0, 0.1) is 5.82 Å². The van der Waals surface area contributed by atoms with Crippen LogP contribution in [0.25, 0.3) is 0 Å². The summed E-state index contributed by atoms with van der Waals surface area (Å²) in [6.45, 7) is 0. The van der Waals surface area contributed by atoms with Crippen LogP contribution in [0.5, 0.6) is 0 Å². The molecule has 1 rings (SSSR count). The van der Waals surface area contributed by atoms with E-state index in [2.05, 4.69) is 17.6 Å². The molecular weight excluding hydrogens is 221 g/mol. The topological polar surface area (TPSA) is 70.4 Å². The standard InChI is InChI=1S/C9H10FNO3S/c10-6-2-11-7(1-5(6)3-12)9(14)8(13)4-15/h1-3,8-9,13-15H,4H2. The summed E-state index contributed by atoms with van der Waals surface area (Å²) in [6, 6.07) is 1.10. The van der Waals surface area contributed by atoms with Crippen molar-refractivity contribution >= 4 is 18.9 Å². The molecule has 2 N–H and O–H groups in total. The highest BCUT2D eigenvalue weighted by Crippen LogP contribution is 2.17. The molecule has 0 amide bonds. The number of rotatable bonds is 4. The van der Waals surface area contributed by atoms with E-state index < -0.39 is 18.0 Å². The predicted molar refractivity (Wildman–Crippen MR) is 54.4 cm³/mol. The third-order valence-corrected chi connectivity index (χ3v) is 2.26. The molecule has 0 saturated carbocycles. The quantitative estimate of drug-likeness (QED) is 0.517. The van der Waals surface area contributed by atoms with Crippen molar-refractivity contribution in [2.45, 2.75) is 12.2 Å². The Bertz CT molecular complexity index is 361. The van der Waals surface area contributed by atoms with Crippen LogP contribution in [0.4, 0.5) is 4.39 Å². The van der Waals surface area contributed by atoms with Crippen molar-refractivity contribution in [2.24, 2.45) is 0 Å². The van der Waals surface area contributed by atoms with Gasteiger partial charge >= 0.3 is 0 Å². The average Bonchev–Trinajstić information content (AvgIpc) is 2.27. The number of aliphatic hydroxyl groups is 2. The number of pyridine rings is 1. The zero-order chi connectivity index (χ0) is 11.4. The molecule has 0 fully saturated rings. The first-order valence-electron chi connectivity index (χ1n) is 4.17. The van der Waals surface area contributed by atoms with Gasteiger partial charge in [-0.2, -0.15) is 12.6 Å². The summed E-state index contributed by atoms with van der Waals surface area (Å²) < 4.78 is 12.9. The lowest BCUT2D eigenvalue weighted by Crippen LogP contribution is -2.21. The first-order chi connectivity index (χ1) is 7.10. The molecule has 82 valence electrons. The van der Waals surface area contributed by atoms with Crippen LogP contribution in [0.1, 0.15) is 22.2 Å². The molecular formula is C9H10FNO3S. The van der Waals surface area contributed by atoms with Gasteiger partial charge in [0.05, 0.1) is 23.6 Å². The summed E-state index contributed by atoms with van der Waals surface area (Å²) in [5.74, 6) is -0.724. The lowest BCUT2D eigenvalue weighted by Gasteiger charge is -2.15. The van der Waals surface area contributed by atoms with Gasteiger partial charge in [-0.05, 0) is 6.07 Å². The molecule has 15 heavy (non-hydrogen) atoms. The smallest absolute Gasteiger partial charge is 0.153 e. The molecule has 0 bridgehead atoms. The van der Waals surface area contributed by atoms with Gasteiger partial charge in [-0.1, -0.05) is 0 Å². The second-order valence-corrected chi connectivity index (χ2v) is 3.31. The van der Waals surface area contributed by atoms with Gasteiger partial charge in [0.1, 0.15) is 6.10 Å². The summed E-state index contributed by atoms with van der Waals surface area (Å²) in [7, 11) is 0. The van der Waals surface area contributed by atoms with Crippen molar-refractivity contribution in [3.63, 3.8) is 0 Å². The Morgan fingerprint density at radius 3 is 2.80 bits per heavy atom. The number of hydrogen-bond acceptors (Lipinski definition) is 5. The van der Waals surface area contributed by atoms with E-state index in [0.29, 0.717) is 6.29 Å². The summed E-state index contributed by atoms with van der Waals surface area (Å²) in [6.07, 6.45) is -1.24. The largest absolute Gasteiger partial charge is 0.389 e. The van der Waals surface area contributed by atoms with Gasteiger partial charge in [0.15, 0.2) is 12.1 Å². The lowest BCUT2D eigenvalue weighted by atomic mass is 10.1. The molecule has 0 radical (unpaired) electrons. The minimum atomic E-state index is -1.28. The predicted octanol–water partition coefficient (Wildman–Crippen LogP) is 0.357. The van der Waals surface area contributed by atoms with E-state index in [4.69, 9.17) is 0 Å². The molecule has 1 aromatic rings. The first-order valence-corrected chi connectivity index (χ1v) is 4.81. The number of aliphatic hydroxyl groups excluding tert-OH is 2. The molecule has 1 heterocycles. The van der Waals surface area contributed by atoms with Gasteiger partial charge in [-0.3, -0.25) is 9.78 Å². The maximum absolute atomic E-state index is 12.9. The van der Waals surface area contributed by atoms with Crippen molar-refractivity contribution in [3.05, 3.63) is 29.3 Å². The third kappa shape index (κ3) is 2.74. The average molecular weight is 231 g/mol. The van der Waals surface area contributed by atoms with Crippen molar-refractivity contribution in [3.8, 4) is 0 Å². The van der Waals surface area contributed by atoms with Crippen LogP contribution in [0.3, 0.4) is 0 Å². The monoisotopic (exact) mass is 231 g/mol. The van der Waals surface area contributed by atoms with Crippen LogP contribution >= 0.6 is 12.6 Å². The highest BCUT2D eigenvalue weighted by molar-refractivity contribution is 7.80. The molecule has 1 aromatic heterocycles. The van der Waals surface area contributed by atoms with Crippen LogP contribution in [0.2, 0.25) is 0 Å². The van der Waals surface area contributed by atoms with Crippen LogP contribution < -0.4 is 0 Å². The van der Waals surface area contributed by atoms with Gasteiger partial charge in [-0.25, -0.2) is 4.39 Å². The number of nitrogens with zero attached hydrogens (tertiary/aromatic N) is 1. The van der Waals surface area contributed by atoms with Gasteiger partial charge in [0.25, 0.3) is 0 Å². The second kappa shape index (κ2) is 5.20. The van der Waals surface area contributed by atoms with E-state index in [9.17, 15) is 19.4 Å². The highest BCUT2D eigenvalue weighted by Gasteiger charge is 2.19. The maximum Gasteiger partial charge on any atom is 0.153 e. The molecule has 0 aliphatic rings. The van der Waals surface area contributed by atoms with Crippen molar-refractivity contribution < 1.29 is 19.4 Å². The van der Waals surface area contributed by atoms with Crippen molar-refractivity contribution in [2.75, 3.05) is 5.75 Å². The molecule has 4 nitrogen and oxygen atoms in total. The van der Waals surface area contributed by atoms with E-state index >= 15 is 0 Å². The number of hydrogen-bond donors (Lipinski definition) is 3. The SMILES string of the molecule is O=Cc1cc(C(O)C(O)CS)ncc1F. The van der Waals surface area contributed by atoms with E-state index in [1.165, 1.54) is 0 Å². The third-order valence-electron chi connectivity index (χ3n) is 1.89. The van der Waals surface area contributed by atoms with E-state index in [1.807, 2.05) is 0 Å². The maximum atomic E-state index is 12.9. The number of aromatic nitrogens is 1. The minimum absolute atomic E-state index is 0.0383. The molecule has 2 unspecified atom stereocenters. The zero-order valence-electron chi connectivity index (χ0n) is 7.67. The molecule has 6 heteroatoms. The Labute approximate surface area is 91.2 Å². The Hall–Kier alpha value is -0.980. The Morgan fingerprint density at radius 2 is 2.27 bits per heavy atom. The number of carbonyl (C=O) groups is 1. The lowest BCUT2D eigenvalue weighted by molar-refractivity contribution is 0.0309. The minimum Gasteiger partial charge on any atom is -0.389 e. The first kappa shape index (κ1) is 12.1. The molecule has 0 aliphatic carbocycles. The summed E-state index contributed by atoms with van der Waals surface area (Å²) in [5.41, 5.74) is -0.162. The Balaban J connectivity index is 3.00. The van der Waals surface area contributed by atoms with Crippen molar-refractivity contribution in [1.82, 2.24) is 4.98 Å². The molecule has 2 atom stereocenters. The summed E-state index contributed by atoms with van der Waals surface area (Å²) in [4.78, 5) is 14.0. The Kier molecular flexibility index (Phi) is 4.19. The van der Waals surface area contributed by atoms with Crippen LogP contribution in [0.15, 0.2) is 12.3 Å². The van der Waals surface area contributed by atoms with E-state index in [0.717, 1.165) is 12.3 Å². The van der Waals surface area contributed by atoms with Crippen molar-refractivity contribution in [1.29, 1.82) is 0 Å². The Morgan fingerprint density at radius 1 is 1.60 bits per heavy atom. The highest BCUT2D eigenvalue weighted by atomic mass is 32.1. The zero-order valence-corrected chi connectivity index (χ0v) is 8.56. The van der Waals surface area contributed by atoms with Gasteiger partial charge in [0.2, 0.25) is 0 Å². The molecule has 0 aliphatic heterocycles. The van der Waals surface area contributed by atoms with Gasteiger partial charge < -0.3 is 10.2 Å². The number of thiol groups is 1. The fourth-order valence-electron chi connectivity index (χ4n) is 1.02. The summed E-state index contributed by atoms with van der Waals surface area (Å²) in [5, 5.41) is 18.8. The van der Waals surface area contributed by atoms with Crippen LogP contribution in [-0.4, -0.2) is 33.3 Å². The molecule has 0 saturated heterocycles. The second-order valence-electron chi connectivity index (χ2n) is 2.94. The van der Waals surface area contributed by atoms with E-state index in [1.54, 1.807) is 0 Å². The van der Waals surface area contributed by atoms with Gasteiger partial charge in [-0.15, -0.1) is 0 Å². The number of halogens is 1. The number of carbonyl (C=O) groups excluding carboxylic acids is 1. The molecule has 0 aromatic carbocycles. The summed E-state index contributed by atoms with van der Waals surface area (Å²) >= 11 is 3.79. The van der Waals surface area contributed by atoms with Gasteiger partial charge in [0, 0.05) is 5.75 Å². The fourth-order valence-corrected chi connectivity index (χ4v) is 1.22. The fraction of sp³-hybridized carbons (Fsp3) is 0.333. The van der Waals surface area contributed by atoms with E-state index in [-0.39, 0.29) is 17.0 Å². The van der Waals surface area contributed by atoms with Crippen LogP contribution in [-0.2, 0) is 0 Å².